The summed E-state index contributed by atoms with van der Waals surface area (Å²) < 4.78 is 5.09. The zero-order valence-electron chi connectivity index (χ0n) is 9.24. The van der Waals surface area contributed by atoms with Crippen LogP contribution in [0.4, 0.5) is 0 Å². The highest BCUT2D eigenvalue weighted by molar-refractivity contribution is 6.31. The number of nitrogens with one attached hydrogen (secondary N) is 1. The van der Waals surface area contributed by atoms with Gasteiger partial charge < -0.3 is 15.2 Å². The second-order valence-corrected chi connectivity index (χ2v) is 4.47. The molecule has 0 aliphatic heterocycles. The van der Waals surface area contributed by atoms with Gasteiger partial charge in [-0.2, -0.15) is 0 Å². The summed E-state index contributed by atoms with van der Waals surface area (Å²) in [6.45, 7) is 0.0581. The molecule has 2 N–H and O–H groups in total. The van der Waals surface area contributed by atoms with Crippen LogP contribution in [0, 0.1) is 0 Å². The van der Waals surface area contributed by atoms with Crippen molar-refractivity contribution in [3.63, 3.8) is 0 Å². The van der Waals surface area contributed by atoms with Gasteiger partial charge in [-0.3, -0.25) is 0 Å². The van der Waals surface area contributed by atoms with Gasteiger partial charge in [-0.15, -0.1) is 0 Å². The molecule has 1 aromatic carbocycles. The molecule has 4 heteroatoms. The molecule has 0 amide bonds. The van der Waals surface area contributed by atoms with Crippen LogP contribution >= 0.6 is 11.6 Å². The number of benzene rings is 1. The summed E-state index contributed by atoms with van der Waals surface area (Å²) in [7, 11) is 1.61. The van der Waals surface area contributed by atoms with Gasteiger partial charge in [0.15, 0.2) is 0 Å². The van der Waals surface area contributed by atoms with Gasteiger partial charge >= 0.3 is 0 Å². The number of halogens is 1. The number of ether oxygens (including phenoxy) is 1. The molecule has 0 saturated heterocycles. The third-order valence-electron chi connectivity index (χ3n) is 2.78. The maximum absolute atomic E-state index is 9.35. The first kappa shape index (κ1) is 11.7. The van der Waals surface area contributed by atoms with Crippen LogP contribution in [0.25, 0.3) is 0 Å². The van der Waals surface area contributed by atoms with Gasteiger partial charge in [0.05, 0.1) is 19.8 Å². The smallest absolute Gasteiger partial charge is 0.120 e. The number of rotatable bonds is 5. The van der Waals surface area contributed by atoms with E-state index in [0.29, 0.717) is 11.1 Å². The van der Waals surface area contributed by atoms with Crippen LogP contribution in [0.1, 0.15) is 24.4 Å². The van der Waals surface area contributed by atoms with Gasteiger partial charge in [0.1, 0.15) is 5.75 Å². The first-order valence-electron chi connectivity index (χ1n) is 5.45. The van der Waals surface area contributed by atoms with E-state index in [-0.39, 0.29) is 12.6 Å². The standard InChI is InChI=1S/C12H16ClNO2/c1-16-9-4-5-10(11(13)6-9)12(7-15)14-8-2-3-8/h4-6,8,12,14-15H,2-3,7H2,1H3. The Hall–Kier alpha value is -0.770. The number of aliphatic hydroxyl groups excluding tert-OH is 1. The van der Waals surface area contributed by atoms with Crippen LogP contribution in [0.3, 0.4) is 0 Å². The zero-order valence-corrected chi connectivity index (χ0v) is 10.00. The van der Waals surface area contributed by atoms with Crippen LogP contribution in [0.5, 0.6) is 5.75 Å². The molecule has 1 atom stereocenters. The molecule has 1 unspecified atom stereocenters. The molecule has 1 aliphatic carbocycles. The Labute approximate surface area is 100 Å². The lowest BCUT2D eigenvalue weighted by molar-refractivity contribution is 0.243. The molecule has 0 heterocycles. The average Bonchev–Trinajstić information content (AvgIpc) is 3.10. The largest absolute Gasteiger partial charge is 0.497 e. The zero-order chi connectivity index (χ0) is 11.5. The first-order chi connectivity index (χ1) is 7.74. The maximum Gasteiger partial charge on any atom is 0.120 e. The second-order valence-electron chi connectivity index (χ2n) is 4.06. The van der Waals surface area contributed by atoms with Gasteiger partial charge in [0.2, 0.25) is 0 Å². The quantitative estimate of drug-likeness (QED) is 0.830. The summed E-state index contributed by atoms with van der Waals surface area (Å²) in [6, 6.07) is 5.99. The minimum atomic E-state index is -0.0779. The summed E-state index contributed by atoms with van der Waals surface area (Å²) >= 11 is 6.15. The SMILES string of the molecule is COc1ccc(C(CO)NC2CC2)c(Cl)c1. The molecular weight excluding hydrogens is 226 g/mol. The normalized spacial score (nSPS) is 17.2. The Bertz CT molecular complexity index is 366. The van der Waals surface area contributed by atoms with E-state index < -0.39 is 0 Å². The predicted octanol–water partition coefficient (Wildman–Crippen LogP) is 2.13. The highest BCUT2D eigenvalue weighted by Gasteiger charge is 2.25. The van der Waals surface area contributed by atoms with Crippen molar-refractivity contribution in [2.75, 3.05) is 13.7 Å². The maximum atomic E-state index is 9.35. The molecule has 1 fully saturated rings. The van der Waals surface area contributed by atoms with Crippen molar-refractivity contribution in [1.29, 1.82) is 0 Å². The van der Waals surface area contributed by atoms with Crippen LogP contribution in [0.15, 0.2) is 18.2 Å². The average molecular weight is 242 g/mol. The molecule has 3 nitrogen and oxygen atoms in total. The fraction of sp³-hybridized carbons (Fsp3) is 0.500. The van der Waals surface area contributed by atoms with Crippen molar-refractivity contribution < 1.29 is 9.84 Å². The van der Waals surface area contributed by atoms with E-state index in [1.54, 1.807) is 13.2 Å². The summed E-state index contributed by atoms with van der Waals surface area (Å²) in [5.74, 6) is 0.733. The number of hydrogen-bond acceptors (Lipinski definition) is 3. The molecule has 16 heavy (non-hydrogen) atoms. The van der Waals surface area contributed by atoms with Gasteiger partial charge in [-0.05, 0) is 30.5 Å². The van der Waals surface area contributed by atoms with Gasteiger partial charge in [-0.25, -0.2) is 0 Å². The van der Waals surface area contributed by atoms with Crippen molar-refractivity contribution in [1.82, 2.24) is 5.32 Å². The molecule has 1 aromatic rings. The van der Waals surface area contributed by atoms with E-state index in [9.17, 15) is 5.11 Å². The van der Waals surface area contributed by atoms with Crippen molar-refractivity contribution in [3.8, 4) is 5.75 Å². The van der Waals surface area contributed by atoms with Crippen LogP contribution in [-0.2, 0) is 0 Å². The van der Waals surface area contributed by atoms with Gasteiger partial charge in [-0.1, -0.05) is 17.7 Å². The molecule has 88 valence electrons. The Morgan fingerprint density at radius 2 is 2.31 bits per heavy atom. The molecule has 1 saturated carbocycles. The van der Waals surface area contributed by atoms with E-state index in [1.165, 1.54) is 12.8 Å². The lowest BCUT2D eigenvalue weighted by Crippen LogP contribution is -2.26. The summed E-state index contributed by atoms with van der Waals surface area (Å²) in [5, 5.41) is 13.3. The van der Waals surface area contributed by atoms with Gasteiger partial charge in [0.25, 0.3) is 0 Å². The van der Waals surface area contributed by atoms with Crippen LogP contribution in [-0.4, -0.2) is 24.9 Å². The highest BCUT2D eigenvalue weighted by atomic mass is 35.5. The van der Waals surface area contributed by atoms with Crippen LogP contribution in [0.2, 0.25) is 5.02 Å². The lowest BCUT2D eigenvalue weighted by atomic mass is 10.1. The van der Waals surface area contributed by atoms with E-state index in [1.807, 2.05) is 12.1 Å². The van der Waals surface area contributed by atoms with Crippen LogP contribution < -0.4 is 10.1 Å². The highest BCUT2D eigenvalue weighted by Crippen LogP contribution is 2.30. The fourth-order valence-electron chi connectivity index (χ4n) is 1.69. The minimum Gasteiger partial charge on any atom is -0.497 e. The van der Waals surface area contributed by atoms with Crippen molar-refractivity contribution >= 4 is 11.6 Å². The van der Waals surface area contributed by atoms with E-state index in [0.717, 1.165) is 11.3 Å². The number of aliphatic hydroxyl groups is 1. The predicted molar refractivity (Wildman–Crippen MR) is 64.0 cm³/mol. The number of hydrogen-bond donors (Lipinski definition) is 2. The summed E-state index contributed by atoms with van der Waals surface area (Å²) in [4.78, 5) is 0. The molecule has 1 aliphatic rings. The van der Waals surface area contributed by atoms with Crippen molar-refractivity contribution in [2.24, 2.45) is 0 Å². The summed E-state index contributed by atoms with van der Waals surface area (Å²) in [6.07, 6.45) is 2.37. The van der Waals surface area contributed by atoms with Gasteiger partial charge in [0, 0.05) is 11.1 Å². The minimum absolute atomic E-state index is 0.0581. The van der Waals surface area contributed by atoms with Crippen molar-refractivity contribution in [3.05, 3.63) is 28.8 Å². The topological polar surface area (TPSA) is 41.5 Å². The Kier molecular flexibility index (Phi) is 3.69. The fourth-order valence-corrected chi connectivity index (χ4v) is 2.00. The number of methoxy groups -OCH3 is 1. The van der Waals surface area contributed by atoms with E-state index in [4.69, 9.17) is 16.3 Å². The van der Waals surface area contributed by atoms with Crippen molar-refractivity contribution in [2.45, 2.75) is 24.9 Å². The van der Waals surface area contributed by atoms with E-state index in [2.05, 4.69) is 5.32 Å². The lowest BCUT2D eigenvalue weighted by Gasteiger charge is -2.18. The Balaban J connectivity index is 2.15. The second kappa shape index (κ2) is 5.04. The molecule has 0 bridgehead atoms. The molecule has 0 radical (unpaired) electrons. The van der Waals surface area contributed by atoms with E-state index >= 15 is 0 Å². The first-order valence-corrected chi connectivity index (χ1v) is 5.82. The Morgan fingerprint density at radius 3 is 2.81 bits per heavy atom. The molecule has 0 aromatic heterocycles. The molecular formula is C12H16ClNO2. The third kappa shape index (κ3) is 2.67. The third-order valence-corrected chi connectivity index (χ3v) is 3.11. The Morgan fingerprint density at radius 1 is 1.56 bits per heavy atom. The molecule has 2 rings (SSSR count). The monoisotopic (exact) mass is 241 g/mol. The molecule has 0 spiro atoms. The summed E-state index contributed by atoms with van der Waals surface area (Å²) in [5.41, 5.74) is 0.928.